The van der Waals surface area contributed by atoms with Crippen LogP contribution in [-0.2, 0) is 4.79 Å². The van der Waals surface area contributed by atoms with Crippen molar-refractivity contribution in [2.75, 3.05) is 31.1 Å². The van der Waals surface area contributed by atoms with E-state index in [-0.39, 0.29) is 17.9 Å². The van der Waals surface area contributed by atoms with Crippen molar-refractivity contribution in [3.05, 3.63) is 36.5 Å². The number of rotatable bonds is 2. The van der Waals surface area contributed by atoms with E-state index in [2.05, 4.69) is 28.1 Å². The molecule has 25 heavy (non-hydrogen) atoms. The van der Waals surface area contributed by atoms with Gasteiger partial charge < -0.3 is 14.9 Å². The van der Waals surface area contributed by atoms with Crippen molar-refractivity contribution in [3.8, 4) is 0 Å². The van der Waals surface area contributed by atoms with Crippen molar-refractivity contribution in [1.29, 1.82) is 0 Å². The number of pyridine rings is 1. The van der Waals surface area contributed by atoms with E-state index in [1.165, 1.54) is 10.8 Å². The number of benzene rings is 1. The molecule has 2 aliphatic rings. The Kier molecular flexibility index (Phi) is 4.57. The number of fused-ring (bicyclic) bond motifs is 1. The number of carbonyl (C=O) groups is 1. The Hall–Kier alpha value is -2.14. The van der Waals surface area contributed by atoms with Crippen LogP contribution < -0.4 is 4.90 Å². The standard InChI is InChI=1S/C20H25N3O2/c24-17-8-13-23(14-9-17)20(25)16-6-11-22(12-7-16)19-18-4-2-1-3-15(18)5-10-21-19/h1-5,10,16-17,24H,6-9,11-14H2. The van der Waals surface area contributed by atoms with Gasteiger partial charge in [-0.25, -0.2) is 4.98 Å². The second kappa shape index (κ2) is 7.00. The number of likely N-dealkylation sites (tertiary alicyclic amines) is 1. The van der Waals surface area contributed by atoms with Crippen LogP contribution in [0, 0.1) is 5.92 Å². The fourth-order valence-electron chi connectivity index (χ4n) is 4.04. The number of carbonyl (C=O) groups excluding carboxylic acids is 1. The van der Waals surface area contributed by atoms with Crippen LogP contribution in [0.2, 0.25) is 0 Å². The molecule has 1 aromatic carbocycles. The van der Waals surface area contributed by atoms with E-state index in [9.17, 15) is 9.90 Å². The summed E-state index contributed by atoms with van der Waals surface area (Å²) in [6, 6.07) is 10.4. The molecule has 4 rings (SSSR count). The highest BCUT2D eigenvalue weighted by Crippen LogP contribution is 2.29. The summed E-state index contributed by atoms with van der Waals surface area (Å²) in [6.45, 7) is 3.14. The number of aliphatic hydroxyl groups is 1. The molecule has 3 heterocycles. The maximum absolute atomic E-state index is 12.7. The van der Waals surface area contributed by atoms with E-state index in [0.29, 0.717) is 25.9 Å². The summed E-state index contributed by atoms with van der Waals surface area (Å²) in [6.07, 6.45) is 4.82. The molecule has 0 unspecified atom stereocenters. The van der Waals surface area contributed by atoms with Crippen LogP contribution >= 0.6 is 0 Å². The summed E-state index contributed by atoms with van der Waals surface area (Å²) in [5.74, 6) is 1.42. The lowest BCUT2D eigenvalue weighted by molar-refractivity contribution is -0.138. The number of nitrogens with zero attached hydrogens (tertiary/aromatic N) is 3. The summed E-state index contributed by atoms with van der Waals surface area (Å²) >= 11 is 0. The van der Waals surface area contributed by atoms with E-state index >= 15 is 0 Å². The predicted octanol–water partition coefficient (Wildman–Crippen LogP) is 2.43. The van der Waals surface area contributed by atoms with E-state index in [0.717, 1.165) is 31.7 Å². The highest BCUT2D eigenvalue weighted by Gasteiger charge is 2.31. The van der Waals surface area contributed by atoms with Gasteiger partial charge in [0.1, 0.15) is 5.82 Å². The van der Waals surface area contributed by atoms with E-state index < -0.39 is 0 Å². The molecule has 0 saturated carbocycles. The van der Waals surface area contributed by atoms with Crippen LogP contribution in [0.1, 0.15) is 25.7 Å². The summed E-state index contributed by atoms with van der Waals surface area (Å²) in [5, 5.41) is 12.0. The molecule has 0 bridgehead atoms. The smallest absolute Gasteiger partial charge is 0.225 e. The highest BCUT2D eigenvalue weighted by molar-refractivity contribution is 5.92. The number of aromatic nitrogens is 1. The van der Waals surface area contributed by atoms with Crippen molar-refractivity contribution in [2.45, 2.75) is 31.8 Å². The minimum atomic E-state index is -0.233. The number of anilines is 1. The Balaban J connectivity index is 1.42. The molecule has 0 atom stereocenters. The maximum atomic E-state index is 12.7. The third kappa shape index (κ3) is 3.33. The summed E-state index contributed by atoms with van der Waals surface area (Å²) in [5.41, 5.74) is 0. The fraction of sp³-hybridized carbons (Fsp3) is 0.500. The molecule has 2 aromatic rings. The van der Waals surface area contributed by atoms with Gasteiger partial charge in [-0.3, -0.25) is 4.79 Å². The molecular weight excluding hydrogens is 314 g/mol. The second-order valence-electron chi connectivity index (χ2n) is 7.17. The van der Waals surface area contributed by atoms with Crippen molar-refractivity contribution < 1.29 is 9.90 Å². The quantitative estimate of drug-likeness (QED) is 0.913. The monoisotopic (exact) mass is 339 g/mol. The van der Waals surface area contributed by atoms with Crippen molar-refractivity contribution in [1.82, 2.24) is 9.88 Å². The zero-order valence-electron chi connectivity index (χ0n) is 14.5. The minimum Gasteiger partial charge on any atom is -0.393 e. The molecule has 0 spiro atoms. The zero-order chi connectivity index (χ0) is 17.2. The molecule has 2 fully saturated rings. The molecular formula is C20H25N3O2. The van der Waals surface area contributed by atoms with Crippen LogP contribution in [0.25, 0.3) is 10.8 Å². The van der Waals surface area contributed by atoms with Gasteiger partial charge in [0.15, 0.2) is 0 Å². The van der Waals surface area contributed by atoms with Gasteiger partial charge in [0.05, 0.1) is 6.10 Å². The molecule has 1 N–H and O–H groups in total. The maximum Gasteiger partial charge on any atom is 0.225 e. The Labute approximate surface area is 148 Å². The summed E-state index contributed by atoms with van der Waals surface area (Å²) in [4.78, 5) is 21.6. The summed E-state index contributed by atoms with van der Waals surface area (Å²) in [7, 11) is 0. The third-order valence-corrected chi connectivity index (χ3v) is 5.57. The lowest BCUT2D eigenvalue weighted by atomic mass is 9.94. The SMILES string of the molecule is O=C(C1CCN(c2nccc3ccccc23)CC1)N1CCC(O)CC1. The van der Waals surface area contributed by atoms with Crippen LogP contribution in [-0.4, -0.2) is 53.2 Å². The Morgan fingerprint density at radius 1 is 1.00 bits per heavy atom. The van der Waals surface area contributed by atoms with E-state index in [4.69, 9.17) is 0 Å². The van der Waals surface area contributed by atoms with Gasteiger partial charge in [0, 0.05) is 43.7 Å². The normalized spacial score (nSPS) is 20.2. The van der Waals surface area contributed by atoms with Gasteiger partial charge in [-0.2, -0.15) is 0 Å². The third-order valence-electron chi connectivity index (χ3n) is 5.57. The van der Waals surface area contributed by atoms with Gasteiger partial charge in [0.25, 0.3) is 0 Å². The average Bonchev–Trinajstić information content (AvgIpc) is 2.68. The first kappa shape index (κ1) is 16.3. The van der Waals surface area contributed by atoms with Gasteiger partial charge in [-0.05, 0) is 37.1 Å². The Morgan fingerprint density at radius 2 is 1.72 bits per heavy atom. The van der Waals surface area contributed by atoms with Crippen molar-refractivity contribution in [2.24, 2.45) is 5.92 Å². The average molecular weight is 339 g/mol. The first-order valence-electron chi connectivity index (χ1n) is 9.28. The Morgan fingerprint density at radius 3 is 2.48 bits per heavy atom. The van der Waals surface area contributed by atoms with Crippen molar-refractivity contribution in [3.63, 3.8) is 0 Å². The molecule has 1 aromatic heterocycles. The predicted molar refractivity (Wildman–Crippen MR) is 98.5 cm³/mol. The first-order chi connectivity index (χ1) is 12.2. The molecule has 0 aliphatic carbocycles. The van der Waals surface area contributed by atoms with Crippen molar-refractivity contribution >= 4 is 22.5 Å². The number of piperidine rings is 2. The van der Waals surface area contributed by atoms with Crippen LogP contribution in [0.4, 0.5) is 5.82 Å². The molecule has 1 amide bonds. The summed E-state index contributed by atoms with van der Waals surface area (Å²) < 4.78 is 0. The highest BCUT2D eigenvalue weighted by atomic mass is 16.3. The van der Waals surface area contributed by atoms with Gasteiger partial charge in [-0.15, -0.1) is 0 Å². The molecule has 132 valence electrons. The second-order valence-corrected chi connectivity index (χ2v) is 7.17. The van der Waals surface area contributed by atoms with Crippen LogP contribution in [0.15, 0.2) is 36.5 Å². The molecule has 5 nitrogen and oxygen atoms in total. The largest absolute Gasteiger partial charge is 0.393 e. The first-order valence-corrected chi connectivity index (χ1v) is 9.28. The number of hydrogen-bond acceptors (Lipinski definition) is 4. The minimum absolute atomic E-state index is 0.112. The molecule has 0 radical (unpaired) electrons. The number of hydrogen-bond donors (Lipinski definition) is 1. The Bertz CT molecular complexity index is 742. The van der Waals surface area contributed by atoms with E-state index in [1.807, 2.05) is 23.2 Å². The molecule has 2 aliphatic heterocycles. The van der Waals surface area contributed by atoms with Crippen LogP contribution in [0.5, 0.6) is 0 Å². The number of aliphatic hydroxyl groups excluding tert-OH is 1. The van der Waals surface area contributed by atoms with Gasteiger partial charge >= 0.3 is 0 Å². The molecule has 2 saturated heterocycles. The van der Waals surface area contributed by atoms with E-state index in [1.54, 1.807) is 0 Å². The topological polar surface area (TPSA) is 56.7 Å². The van der Waals surface area contributed by atoms with Gasteiger partial charge in [0.2, 0.25) is 5.91 Å². The zero-order valence-corrected chi connectivity index (χ0v) is 14.5. The fourth-order valence-corrected chi connectivity index (χ4v) is 4.04. The van der Waals surface area contributed by atoms with Crippen LogP contribution in [0.3, 0.4) is 0 Å². The molecule has 5 heteroatoms. The lowest BCUT2D eigenvalue weighted by Gasteiger charge is -2.37. The van der Waals surface area contributed by atoms with Gasteiger partial charge in [-0.1, -0.05) is 24.3 Å². The lowest BCUT2D eigenvalue weighted by Crippen LogP contribution is -2.46. The number of amides is 1.